The van der Waals surface area contributed by atoms with Gasteiger partial charge < -0.3 is 24.6 Å². The molecular weight excluding hydrogens is 620 g/mol. The smallest absolute Gasteiger partial charge is 0.418 e. The third-order valence-corrected chi connectivity index (χ3v) is 7.59. The lowest BCUT2D eigenvalue weighted by Crippen LogP contribution is -2.25. The van der Waals surface area contributed by atoms with Gasteiger partial charge in [-0.1, -0.05) is 23.8 Å². The van der Waals surface area contributed by atoms with Crippen molar-refractivity contribution in [3.8, 4) is 5.75 Å². The van der Waals surface area contributed by atoms with Gasteiger partial charge in [-0.25, -0.2) is 13.2 Å². The molecule has 1 saturated heterocycles. The van der Waals surface area contributed by atoms with Crippen molar-refractivity contribution in [2.45, 2.75) is 51.5 Å². The molecule has 2 aromatic carbocycles. The fraction of sp³-hybridized carbons (Fsp3) is 0.379. The summed E-state index contributed by atoms with van der Waals surface area (Å²) >= 11 is 11.4. The van der Waals surface area contributed by atoms with Crippen LogP contribution < -0.4 is 15.0 Å². The Kier molecular flexibility index (Phi) is 9.85. The maximum Gasteiger partial charge on any atom is 0.418 e. The summed E-state index contributed by atoms with van der Waals surface area (Å²) in [4.78, 5) is 12.9. The second-order valence-corrected chi connectivity index (χ2v) is 11.1. The van der Waals surface area contributed by atoms with Gasteiger partial charge in [0.05, 0.1) is 30.0 Å². The second kappa shape index (κ2) is 13.0. The van der Waals surface area contributed by atoms with Gasteiger partial charge in [-0.3, -0.25) is 4.79 Å². The van der Waals surface area contributed by atoms with Crippen LogP contribution in [0.5, 0.6) is 5.75 Å². The van der Waals surface area contributed by atoms with Gasteiger partial charge in [-0.05, 0) is 50.1 Å². The fourth-order valence-electron chi connectivity index (χ4n) is 5.08. The van der Waals surface area contributed by atoms with Crippen LogP contribution in [0, 0.1) is 11.6 Å². The van der Waals surface area contributed by atoms with Crippen molar-refractivity contribution in [1.82, 2.24) is 4.57 Å². The quantitative estimate of drug-likeness (QED) is 0.134. The van der Waals surface area contributed by atoms with Crippen molar-refractivity contribution in [2.75, 3.05) is 29.9 Å². The van der Waals surface area contributed by atoms with E-state index >= 15 is 0 Å². The molecular formula is C29H28ClF6N3O3S. The largest absolute Gasteiger partial charge is 0.491 e. The van der Waals surface area contributed by atoms with Gasteiger partial charge in [-0.2, -0.15) is 13.2 Å². The minimum Gasteiger partial charge on any atom is -0.491 e. The maximum absolute atomic E-state index is 14.2. The highest BCUT2D eigenvalue weighted by atomic mass is 35.5. The number of aliphatic carboxylic acids is 1. The number of hydrogen-bond acceptors (Lipinski definition) is 4. The van der Waals surface area contributed by atoms with Gasteiger partial charge in [-0.15, -0.1) is 0 Å². The van der Waals surface area contributed by atoms with Gasteiger partial charge in [0.15, 0.2) is 0 Å². The molecule has 0 aliphatic carbocycles. The number of halogens is 7. The average molecular weight is 648 g/mol. The minimum absolute atomic E-state index is 0.0115. The molecule has 0 bridgehead atoms. The Morgan fingerprint density at radius 3 is 2.53 bits per heavy atom. The molecule has 1 aliphatic heterocycles. The third kappa shape index (κ3) is 7.56. The summed E-state index contributed by atoms with van der Waals surface area (Å²) in [5, 5.41) is 11.7. The topological polar surface area (TPSA) is 66.7 Å². The van der Waals surface area contributed by atoms with Crippen LogP contribution in [0.4, 0.5) is 37.7 Å². The predicted molar refractivity (Wildman–Crippen MR) is 155 cm³/mol. The van der Waals surface area contributed by atoms with Crippen molar-refractivity contribution in [3.63, 3.8) is 0 Å². The lowest BCUT2D eigenvalue weighted by molar-refractivity contribution is -0.137. The molecule has 43 heavy (non-hydrogen) atoms. The Labute approximate surface area is 254 Å². The summed E-state index contributed by atoms with van der Waals surface area (Å²) in [6.45, 7) is 3.68. The zero-order valence-corrected chi connectivity index (χ0v) is 24.6. The fourth-order valence-corrected chi connectivity index (χ4v) is 5.52. The van der Waals surface area contributed by atoms with Crippen molar-refractivity contribution >= 4 is 46.2 Å². The van der Waals surface area contributed by atoms with Crippen LogP contribution in [0.3, 0.4) is 0 Å². The van der Waals surface area contributed by atoms with E-state index in [9.17, 15) is 36.2 Å². The molecule has 0 amide bonds. The van der Waals surface area contributed by atoms with Gasteiger partial charge in [0.25, 0.3) is 0 Å². The van der Waals surface area contributed by atoms with E-state index < -0.39 is 47.6 Å². The van der Waals surface area contributed by atoms with Crippen molar-refractivity contribution in [2.24, 2.45) is 0 Å². The molecule has 1 aliphatic rings. The first-order valence-electron chi connectivity index (χ1n) is 13.3. The number of ether oxygens (including phenoxy) is 1. The molecule has 0 radical (unpaired) electrons. The highest BCUT2D eigenvalue weighted by molar-refractivity contribution is 7.81. The molecule has 0 spiro atoms. The van der Waals surface area contributed by atoms with Crippen LogP contribution in [0.25, 0.3) is 0 Å². The van der Waals surface area contributed by atoms with E-state index in [0.717, 1.165) is 18.2 Å². The number of rotatable bonds is 10. The zero-order chi connectivity index (χ0) is 31.6. The molecule has 232 valence electrons. The number of nitrogens with zero attached hydrogens (tertiary/aromatic N) is 2. The van der Waals surface area contributed by atoms with E-state index in [1.807, 2.05) is 13.8 Å². The summed E-state index contributed by atoms with van der Waals surface area (Å²) in [6.07, 6.45) is -6.26. The first-order chi connectivity index (χ1) is 20.1. The van der Waals surface area contributed by atoms with E-state index in [4.69, 9.17) is 28.6 Å². The zero-order valence-electron chi connectivity index (χ0n) is 23.1. The number of aromatic nitrogens is 1. The lowest BCUT2D eigenvalue weighted by atomic mass is 10.0. The summed E-state index contributed by atoms with van der Waals surface area (Å²) in [7, 11) is 0. The van der Waals surface area contributed by atoms with Crippen LogP contribution in [0.2, 0.25) is 5.02 Å². The molecule has 1 atom stereocenters. The predicted octanol–water partition coefficient (Wildman–Crippen LogP) is 7.60. The summed E-state index contributed by atoms with van der Waals surface area (Å²) < 4.78 is 91.2. The van der Waals surface area contributed by atoms with E-state index in [0.29, 0.717) is 17.5 Å². The summed E-state index contributed by atoms with van der Waals surface area (Å²) in [5.74, 6) is -3.25. The molecule has 1 fully saturated rings. The third-order valence-electron chi connectivity index (χ3n) is 6.91. The van der Waals surface area contributed by atoms with Crippen LogP contribution >= 0.6 is 23.8 Å². The Morgan fingerprint density at radius 2 is 1.93 bits per heavy atom. The number of benzene rings is 2. The molecule has 3 aromatic rings. The van der Waals surface area contributed by atoms with Crippen LogP contribution in [0.1, 0.15) is 48.8 Å². The number of anilines is 2. The van der Waals surface area contributed by atoms with Gasteiger partial charge in [0.2, 0.25) is 0 Å². The molecule has 0 saturated carbocycles. The van der Waals surface area contributed by atoms with Crippen LogP contribution in [-0.2, 0) is 23.8 Å². The Bertz CT molecular complexity index is 1530. The van der Waals surface area contributed by atoms with Crippen LogP contribution in [0.15, 0.2) is 36.4 Å². The van der Waals surface area contributed by atoms with Gasteiger partial charge in [0, 0.05) is 49.1 Å². The normalized spacial score (nSPS) is 15.3. The van der Waals surface area contributed by atoms with Crippen molar-refractivity contribution < 1.29 is 41.0 Å². The number of carbonyl (C=O) groups is 1. The Hall–Kier alpha value is -3.45. The Balaban J connectivity index is 1.62. The molecule has 14 heteroatoms. The number of thiocarbonyl (C=S) groups is 1. The van der Waals surface area contributed by atoms with E-state index in [2.05, 4.69) is 5.32 Å². The number of alkyl halides is 4. The van der Waals surface area contributed by atoms with Gasteiger partial charge in [0.1, 0.15) is 33.6 Å². The number of nitrogens with one attached hydrogen (secondary N) is 1. The van der Waals surface area contributed by atoms with E-state index in [1.54, 1.807) is 16.7 Å². The van der Waals surface area contributed by atoms with Gasteiger partial charge >= 0.3 is 12.1 Å². The van der Waals surface area contributed by atoms with Crippen molar-refractivity contribution in [1.29, 1.82) is 0 Å². The highest BCUT2D eigenvalue weighted by Crippen LogP contribution is 2.41. The molecule has 1 aromatic heterocycles. The number of carboxylic acids is 1. The first kappa shape index (κ1) is 32.5. The van der Waals surface area contributed by atoms with Crippen LogP contribution in [-0.4, -0.2) is 46.5 Å². The first-order valence-corrected chi connectivity index (χ1v) is 14.1. The highest BCUT2D eigenvalue weighted by Gasteiger charge is 2.37. The minimum atomic E-state index is -4.83. The average Bonchev–Trinajstić information content (AvgIpc) is 3.52. The standard InChI is InChI=1S/C29H28ClF6N3O3S/c1-15(2)39-19(6-8-42-25-12-18(32)11-21(33)27(25)30)3-4-23(39)28(43)37-22-9-16(10-26(40)41)24(13-20(22)29(34,35)36)38-7-5-17(31)14-38/h3-4,9,11-13,15,17H,5-8,10,14H2,1-2H3,(H,37,43)(H,40,41)/t17-/m1/s1. The molecule has 4 rings (SSSR count). The monoisotopic (exact) mass is 647 g/mol. The number of hydrogen-bond donors (Lipinski definition) is 2. The van der Waals surface area contributed by atoms with Crippen molar-refractivity contribution in [3.05, 3.63) is 75.6 Å². The van der Waals surface area contributed by atoms with E-state index in [1.165, 1.54) is 4.90 Å². The second-order valence-electron chi connectivity index (χ2n) is 10.4. The molecule has 6 nitrogen and oxygen atoms in total. The molecule has 2 N–H and O–H groups in total. The number of carboxylic acid groups (broad SMARTS) is 1. The molecule has 2 heterocycles. The lowest BCUT2D eigenvalue weighted by Gasteiger charge is -2.25. The Morgan fingerprint density at radius 1 is 1.21 bits per heavy atom. The molecule has 0 unspecified atom stereocenters. The summed E-state index contributed by atoms with van der Waals surface area (Å²) in [5.41, 5.74) is -0.349. The SMILES string of the molecule is CC(C)n1c(CCOc2cc(F)cc(F)c2Cl)ccc1C(=S)Nc1cc(CC(=O)O)c(N2CC[C@@H](F)C2)cc1C(F)(F)F. The maximum atomic E-state index is 14.2. The van der Waals surface area contributed by atoms with E-state index in [-0.39, 0.29) is 65.6 Å². The summed E-state index contributed by atoms with van der Waals surface area (Å²) in [6, 6.07) is 6.64.